The molecule has 2 N–H and O–H groups in total. The van der Waals surface area contributed by atoms with E-state index in [1.807, 2.05) is 0 Å². The van der Waals surface area contributed by atoms with Crippen LogP contribution in [-0.4, -0.2) is 32.1 Å². The molecule has 2 aromatic carbocycles. The van der Waals surface area contributed by atoms with Crippen molar-refractivity contribution in [3.63, 3.8) is 0 Å². The number of para-hydroxylation sites is 2. The minimum atomic E-state index is -1.07. The Balaban J connectivity index is 2.34. The summed E-state index contributed by atoms with van der Waals surface area (Å²) in [6.45, 7) is 0. The number of aromatic carboxylic acids is 1. The number of carbonyl (C=O) groups is 2. The van der Waals surface area contributed by atoms with Crippen LogP contribution in [0.2, 0.25) is 0 Å². The second kappa shape index (κ2) is 4.82. The maximum absolute atomic E-state index is 11.2. The van der Waals surface area contributed by atoms with Gasteiger partial charge in [-0.25, -0.2) is 14.8 Å². The van der Waals surface area contributed by atoms with E-state index in [4.69, 9.17) is 5.11 Å². The van der Waals surface area contributed by atoms with Gasteiger partial charge in [-0.05, 0) is 23.8 Å². The van der Waals surface area contributed by atoms with Gasteiger partial charge in [0.25, 0.3) is 0 Å². The van der Waals surface area contributed by atoms with E-state index in [1.54, 1.807) is 30.3 Å². The van der Waals surface area contributed by atoms with Gasteiger partial charge in [0.15, 0.2) is 0 Å². The van der Waals surface area contributed by atoms with Gasteiger partial charge in [0.1, 0.15) is 5.52 Å². The summed E-state index contributed by atoms with van der Waals surface area (Å²) < 4.78 is 0. The average molecular weight is 282 g/mol. The van der Waals surface area contributed by atoms with E-state index in [2.05, 4.69) is 9.97 Å². The smallest absolute Gasteiger partial charge is 0.337 e. The molecule has 1 aromatic heterocycles. The van der Waals surface area contributed by atoms with Crippen LogP contribution in [0.1, 0.15) is 15.9 Å². The molecule has 0 spiro atoms. The fourth-order valence-electron chi connectivity index (χ4n) is 2.26. The average Bonchev–Trinajstić information content (AvgIpc) is 2.44. The molecule has 1 heterocycles. The first-order valence-corrected chi connectivity index (χ1v) is 6.20. The highest BCUT2D eigenvalue weighted by molar-refractivity contribution is 6.02. The van der Waals surface area contributed by atoms with E-state index in [1.165, 1.54) is 6.07 Å². The van der Waals surface area contributed by atoms with E-state index in [0.717, 1.165) is 0 Å². The predicted octanol–water partition coefficient (Wildman–Crippen LogP) is 2.11. The van der Waals surface area contributed by atoms with Crippen molar-refractivity contribution in [1.29, 1.82) is 0 Å². The van der Waals surface area contributed by atoms with Crippen LogP contribution >= 0.6 is 0 Å². The first-order valence-electron chi connectivity index (χ1n) is 6.20. The summed E-state index contributed by atoms with van der Waals surface area (Å²) in [6.07, 6.45) is -0.157. The standard InChI is InChI=1S/C15H10N2O4/c18-12(19)7-8-3-1-5-10-13(8)16-11-6-2-4-9(15(20)21)14(11)17-10/h1-6H,7H2,(H,18,19)(H,20,21). The number of carboxylic acids is 2. The second-order valence-electron chi connectivity index (χ2n) is 4.56. The third-order valence-corrected chi connectivity index (χ3v) is 3.15. The Morgan fingerprint density at radius 1 is 0.905 bits per heavy atom. The van der Waals surface area contributed by atoms with Crippen LogP contribution in [0.4, 0.5) is 0 Å². The molecule has 0 unspecified atom stereocenters. The summed E-state index contributed by atoms with van der Waals surface area (Å²) in [6, 6.07) is 9.76. The Labute approximate surface area is 118 Å². The highest BCUT2D eigenvalue weighted by Crippen LogP contribution is 2.22. The molecule has 6 nitrogen and oxygen atoms in total. The summed E-state index contributed by atoms with van der Waals surface area (Å²) in [7, 11) is 0. The number of aromatic nitrogens is 2. The third-order valence-electron chi connectivity index (χ3n) is 3.15. The summed E-state index contributed by atoms with van der Waals surface area (Å²) in [4.78, 5) is 30.8. The molecule has 3 aromatic rings. The van der Waals surface area contributed by atoms with E-state index >= 15 is 0 Å². The SMILES string of the molecule is O=C(O)Cc1cccc2nc3c(C(=O)O)cccc3nc12. The van der Waals surface area contributed by atoms with Crippen LogP contribution in [0.15, 0.2) is 36.4 Å². The number of aliphatic carboxylic acids is 1. The van der Waals surface area contributed by atoms with Crippen molar-refractivity contribution < 1.29 is 19.8 Å². The van der Waals surface area contributed by atoms with Gasteiger partial charge in [0.2, 0.25) is 0 Å². The van der Waals surface area contributed by atoms with Crippen LogP contribution in [0.5, 0.6) is 0 Å². The lowest BCUT2D eigenvalue weighted by atomic mass is 10.1. The van der Waals surface area contributed by atoms with Gasteiger partial charge >= 0.3 is 11.9 Å². The zero-order valence-corrected chi connectivity index (χ0v) is 10.8. The zero-order chi connectivity index (χ0) is 15.0. The molecule has 6 heteroatoms. The Bertz CT molecular complexity index is 889. The van der Waals surface area contributed by atoms with Gasteiger partial charge < -0.3 is 10.2 Å². The summed E-state index contributed by atoms with van der Waals surface area (Å²) in [5.41, 5.74) is 2.32. The Kier molecular flexibility index (Phi) is 2.98. The summed E-state index contributed by atoms with van der Waals surface area (Å²) in [5.74, 6) is -2.03. The van der Waals surface area contributed by atoms with Crippen LogP contribution < -0.4 is 0 Å². The lowest BCUT2D eigenvalue weighted by molar-refractivity contribution is -0.136. The molecule has 0 saturated heterocycles. The van der Waals surface area contributed by atoms with Crippen LogP contribution in [0, 0.1) is 0 Å². The molecule has 0 fully saturated rings. The number of nitrogens with zero attached hydrogens (tertiary/aromatic N) is 2. The maximum atomic E-state index is 11.2. The minimum Gasteiger partial charge on any atom is -0.481 e. The van der Waals surface area contributed by atoms with Crippen molar-refractivity contribution in [3.8, 4) is 0 Å². The van der Waals surface area contributed by atoms with Crippen molar-refractivity contribution in [2.75, 3.05) is 0 Å². The number of benzene rings is 2. The molecule has 0 radical (unpaired) electrons. The number of hydrogen-bond acceptors (Lipinski definition) is 4. The zero-order valence-electron chi connectivity index (χ0n) is 10.8. The van der Waals surface area contributed by atoms with Crippen molar-refractivity contribution in [2.24, 2.45) is 0 Å². The number of rotatable bonds is 3. The number of fused-ring (bicyclic) bond motifs is 2. The van der Waals surface area contributed by atoms with Crippen LogP contribution in [0.25, 0.3) is 22.1 Å². The summed E-state index contributed by atoms with van der Waals surface area (Å²) in [5, 5.41) is 18.1. The van der Waals surface area contributed by atoms with Crippen LogP contribution in [-0.2, 0) is 11.2 Å². The molecular formula is C15H10N2O4. The molecule has 21 heavy (non-hydrogen) atoms. The Morgan fingerprint density at radius 3 is 2.19 bits per heavy atom. The maximum Gasteiger partial charge on any atom is 0.337 e. The predicted molar refractivity (Wildman–Crippen MR) is 75.3 cm³/mol. The largest absolute Gasteiger partial charge is 0.481 e. The normalized spacial score (nSPS) is 10.9. The number of carboxylic acid groups (broad SMARTS) is 2. The fourth-order valence-corrected chi connectivity index (χ4v) is 2.26. The van der Waals surface area contributed by atoms with Gasteiger partial charge in [-0.2, -0.15) is 0 Å². The summed E-state index contributed by atoms with van der Waals surface area (Å²) >= 11 is 0. The van der Waals surface area contributed by atoms with Gasteiger partial charge in [-0.3, -0.25) is 4.79 Å². The highest BCUT2D eigenvalue weighted by Gasteiger charge is 2.13. The van der Waals surface area contributed by atoms with E-state index < -0.39 is 11.9 Å². The highest BCUT2D eigenvalue weighted by atomic mass is 16.4. The van der Waals surface area contributed by atoms with Crippen molar-refractivity contribution in [1.82, 2.24) is 9.97 Å². The Morgan fingerprint density at radius 2 is 1.52 bits per heavy atom. The molecule has 0 aliphatic rings. The van der Waals surface area contributed by atoms with Gasteiger partial charge in [-0.1, -0.05) is 18.2 Å². The van der Waals surface area contributed by atoms with E-state index in [9.17, 15) is 14.7 Å². The lowest BCUT2D eigenvalue weighted by Gasteiger charge is -2.06. The van der Waals surface area contributed by atoms with Crippen molar-refractivity contribution in [2.45, 2.75) is 6.42 Å². The molecule has 0 aliphatic carbocycles. The molecule has 0 saturated carbocycles. The molecule has 3 rings (SSSR count). The molecule has 104 valence electrons. The molecule has 0 atom stereocenters. The first-order chi connectivity index (χ1) is 10.1. The van der Waals surface area contributed by atoms with Gasteiger partial charge in [0.05, 0.1) is 28.5 Å². The van der Waals surface area contributed by atoms with Crippen LogP contribution in [0.3, 0.4) is 0 Å². The number of hydrogen-bond donors (Lipinski definition) is 2. The Hall–Kier alpha value is -3.02. The van der Waals surface area contributed by atoms with Crippen molar-refractivity contribution in [3.05, 3.63) is 47.5 Å². The van der Waals surface area contributed by atoms with Gasteiger partial charge in [-0.15, -0.1) is 0 Å². The lowest BCUT2D eigenvalue weighted by Crippen LogP contribution is -2.04. The minimum absolute atomic E-state index is 0.0746. The second-order valence-corrected chi connectivity index (χ2v) is 4.56. The van der Waals surface area contributed by atoms with Gasteiger partial charge in [0, 0.05) is 0 Å². The first kappa shape index (κ1) is 13.0. The van der Waals surface area contributed by atoms with E-state index in [0.29, 0.717) is 27.6 Å². The quantitative estimate of drug-likeness (QED) is 0.713. The molecule has 0 aliphatic heterocycles. The van der Waals surface area contributed by atoms with Crippen molar-refractivity contribution >= 4 is 34.0 Å². The third kappa shape index (κ3) is 2.27. The molecule has 0 bridgehead atoms. The molecule has 0 amide bonds. The van der Waals surface area contributed by atoms with E-state index in [-0.39, 0.29) is 12.0 Å². The monoisotopic (exact) mass is 282 g/mol. The molecular weight excluding hydrogens is 272 g/mol. The topological polar surface area (TPSA) is 100 Å². The fraction of sp³-hybridized carbons (Fsp3) is 0.0667.